The fraction of sp³-hybridized carbons (Fsp3) is 0.100. The molecule has 0 saturated carbocycles. The van der Waals surface area contributed by atoms with E-state index >= 15 is 0 Å². The SMILES string of the molecule is O=CCC(=O)c1ccc(C(=O)O)cc1. The number of rotatable bonds is 4. The molecular weight excluding hydrogens is 184 g/mol. The highest BCUT2D eigenvalue weighted by Gasteiger charge is 2.06. The molecule has 4 nitrogen and oxygen atoms in total. The van der Waals surface area contributed by atoms with Crippen molar-refractivity contribution in [3.8, 4) is 0 Å². The number of benzene rings is 1. The fourth-order valence-corrected chi connectivity index (χ4v) is 0.992. The Hall–Kier alpha value is -1.97. The summed E-state index contributed by atoms with van der Waals surface area (Å²) in [4.78, 5) is 31.7. The van der Waals surface area contributed by atoms with Gasteiger partial charge in [-0.15, -0.1) is 0 Å². The van der Waals surface area contributed by atoms with Crippen LogP contribution in [0.3, 0.4) is 0 Å². The lowest BCUT2D eigenvalue weighted by Gasteiger charge is -1.97. The Morgan fingerprint density at radius 3 is 2.07 bits per heavy atom. The van der Waals surface area contributed by atoms with Crippen molar-refractivity contribution < 1.29 is 19.5 Å². The zero-order valence-electron chi connectivity index (χ0n) is 7.27. The first-order valence-electron chi connectivity index (χ1n) is 3.95. The zero-order chi connectivity index (χ0) is 10.6. The van der Waals surface area contributed by atoms with E-state index in [0.29, 0.717) is 11.8 Å². The van der Waals surface area contributed by atoms with Gasteiger partial charge in [0.25, 0.3) is 0 Å². The molecule has 0 radical (unpaired) electrons. The van der Waals surface area contributed by atoms with Crippen molar-refractivity contribution in [3.05, 3.63) is 35.4 Å². The van der Waals surface area contributed by atoms with Crippen molar-refractivity contribution in [2.75, 3.05) is 0 Å². The van der Waals surface area contributed by atoms with E-state index in [9.17, 15) is 14.4 Å². The molecule has 0 aliphatic heterocycles. The molecular formula is C10H8O4. The molecule has 1 N–H and O–H groups in total. The summed E-state index contributed by atoms with van der Waals surface area (Å²) in [6.45, 7) is 0. The Morgan fingerprint density at radius 1 is 1.14 bits per heavy atom. The van der Waals surface area contributed by atoms with Gasteiger partial charge in [0.2, 0.25) is 0 Å². The van der Waals surface area contributed by atoms with Gasteiger partial charge >= 0.3 is 5.97 Å². The van der Waals surface area contributed by atoms with Gasteiger partial charge in [-0.05, 0) is 12.1 Å². The van der Waals surface area contributed by atoms with Gasteiger partial charge in [0, 0.05) is 5.56 Å². The number of ketones is 1. The van der Waals surface area contributed by atoms with Crippen LogP contribution in [-0.2, 0) is 4.79 Å². The third kappa shape index (κ3) is 2.26. The summed E-state index contributed by atoms with van der Waals surface area (Å²) in [5, 5.41) is 8.58. The molecule has 0 saturated heterocycles. The lowest BCUT2D eigenvalue weighted by molar-refractivity contribution is -0.107. The quantitative estimate of drug-likeness (QED) is 0.441. The van der Waals surface area contributed by atoms with E-state index < -0.39 is 5.97 Å². The summed E-state index contributed by atoms with van der Waals surface area (Å²) < 4.78 is 0. The van der Waals surface area contributed by atoms with Gasteiger partial charge < -0.3 is 9.90 Å². The predicted octanol–water partition coefficient (Wildman–Crippen LogP) is 1.16. The molecule has 4 heteroatoms. The van der Waals surface area contributed by atoms with Crippen LogP contribution < -0.4 is 0 Å². The Bertz CT molecular complexity index is 364. The summed E-state index contributed by atoms with van der Waals surface area (Å²) in [7, 11) is 0. The van der Waals surface area contributed by atoms with E-state index in [0.717, 1.165) is 0 Å². The molecule has 0 aliphatic rings. The minimum absolute atomic E-state index is 0.118. The van der Waals surface area contributed by atoms with Crippen molar-refractivity contribution in [2.24, 2.45) is 0 Å². The lowest BCUT2D eigenvalue weighted by Crippen LogP contribution is -2.01. The molecule has 0 atom stereocenters. The number of hydrogen-bond donors (Lipinski definition) is 1. The molecule has 1 rings (SSSR count). The Balaban J connectivity index is 2.88. The van der Waals surface area contributed by atoms with E-state index in [1.54, 1.807) is 0 Å². The molecule has 0 amide bonds. The fourth-order valence-electron chi connectivity index (χ4n) is 0.992. The van der Waals surface area contributed by atoms with Gasteiger partial charge in [-0.3, -0.25) is 4.79 Å². The maximum atomic E-state index is 11.1. The smallest absolute Gasteiger partial charge is 0.335 e. The van der Waals surface area contributed by atoms with Crippen LogP contribution in [-0.4, -0.2) is 23.1 Å². The number of aldehydes is 1. The first-order chi connectivity index (χ1) is 6.65. The highest BCUT2D eigenvalue weighted by molar-refractivity contribution is 6.03. The van der Waals surface area contributed by atoms with Crippen LogP contribution in [0.25, 0.3) is 0 Å². The Morgan fingerprint density at radius 2 is 1.64 bits per heavy atom. The number of carboxylic acids is 1. The third-order valence-electron chi connectivity index (χ3n) is 1.72. The maximum Gasteiger partial charge on any atom is 0.335 e. The van der Waals surface area contributed by atoms with Crippen molar-refractivity contribution in [2.45, 2.75) is 6.42 Å². The number of hydrogen-bond acceptors (Lipinski definition) is 3. The summed E-state index contributed by atoms with van der Waals surface area (Å²) in [6, 6.07) is 5.46. The normalized spacial score (nSPS) is 9.43. The van der Waals surface area contributed by atoms with Gasteiger partial charge in [0.05, 0.1) is 12.0 Å². The predicted molar refractivity (Wildman–Crippen MR) is 48.4 cm³/mol. The molecule has 1 aromatic rings. The lowest BCUT2D eigenvalue weighted by atomic mass is 10.1. The van der Waals surface area contributed by atoms with E-state index in [4.69, 9.17) is 5.11 Å². The molecule has 72 valence electrons. The Kier molecular flexibility index (Phi) is 3.12. The van der Waals surface area contributed by atoms with Crippen molar-refractivity contribution in [1.29, 1.82) is 0 Å². The number of Topliss-reactive ketones (excluding diaryl/α,β-unsaturated/α-hetero) is 1. The minimum Gasteiger partial charge on any atom is -0.478 e. The number of carbonyl (C=O) groups excluding carboxylic acids is 2. The van der Waals surface area contributed by atoms with Crippen LogP contribution in [0.1, 0.15) is 27.1 Å². The van der Waals surface area contributed by atoms with Gasteiger partial charge in [-0.25, -0.2) is 4.79 Å². The number of aromatic carboxylic acids is 1. The summed E-state index contributed by atoms with van der Waals surface area (Å²) in [6.07, 6.45) is 0.347. The first kappa shape index (κ1) is 10.1. The second kappa shape index (κ2) is 4.32. The van der Waals surface area contributed by atoms with Crippen LogP contribution in [0.5, 0.6) is 0 Å². The molecule has 0 heterocycles. The summed E-state index contributed by atoms with van der Waals surface area (Å²) >= 11 is 0. The average molecular weight is 192 g/mol. The van der Waals surface area contributed by atoms with Crippen LogP contribution >= 0.6 is 0 Å². The highest BCUT2D eigenvalue weighted by Crippen LogP contribution is 2.06. The van der Waals surface area contributed by atoms with Gasteiger partial charge in [0.1, 0.15) is 6.29 Å². The molecule has 0 aliphatic carbocycles. The maximum absolute atomic E-state index is 11.1. The molecule has 0 spiro atoms. The summed E-state index contributed by atoms with van der Waals surface area (Å²) in [5.41, 5.74) is 0.467. The van der Waals surface area contributed by atoms with Crippen LogP contribution in [0.2, 0.25) is 0 Å². The van der Waals surface area contributed by atoms with Gasteiger partial charge in [-0.1, -0.05) is 12.1 Å². The van der Waals surface area contributed by atoms with Crippen LogP contribution in [0.15, 0.2) is 24.3 Å². The van der Waals surface area contributed by atoms with Crippen molar-refractivity contribution in [3.63, 3.8) is 0 Å². The van der Waals surface area contributed by atoms with Crippen LogP contribution in [0, 0.1) is 0 Å². The minimum atomic E-state index is -1.04. The van der Waals surface area contributed by atoms with Crippen LogP contribution in [0.4, 0.5) is 0 Å². The summed E-state index contributed by atoms with van der Waals surface area (Å²) in [5.74, 6) is -1.35. The number of carboxylic acid groups (broad SMARTS) is 1. The largest absolute Gasteiger partial charge is 0.478 e. The Labute approximate surface area is 80.2 Å². The molecule has 0 fully saturated rings. The standard InChI is InChI=1S/C10H8O4/c11-6-5-9(12)7-1-3-8(4-2-7)10(13)14/h1-4,6H,5H2,(H,13,14). The van der Waals surface area contributed by atoms with Gasteiger partial charge in [0.15, 0.2) is 5.78 Å². The van der Waals surface area contributed by atoms with E-state index in [2.05, 4.69) is 0 Å². The van der Waals surface area contributed by atoms with E-state index in [1.807, 2.05) is 0 Å². The topological polar surface area (TPSA) is 71.4 Å². The molecule has 0 unspecified atom stereocenters. The molecule has 0 aromatic heterocycles. The van der Waals surface area contributed by atoms with E-state index in [-0.39, 0.29) is 17.8 Å². The second-order valence-electron chi connectivity index (χ2n) is 2.68. The molecule has 14 heavy (non-hydrogen) atoms. The second-order valence-corrected chi connectivity index (χ2v) is 2.68. The highest BCUT2D eigenvalue weighted by atomic mass is 16.4. The zero-order valence-corrected chi connectivity index (χ0v) is 7.27. The van der Waals surface area contributed by atoms with E-state index in [1.165, 1.54) is 24.3 Å². The van der Waals surface area contributed by atoms with Gasteiger partial charge in [-0.2, -0.15) is 0 Å². The van der Waals surface area contributed by atoms with Crippen molar-refractivity contribution >= 4 is 18.0 Å². The third-order valence-corrected chi connectivity index (χ3v) is 1.72. The average Bonchev–Trinajstić information content (AvgIpc) is 2.18. The van der Waals surface area contributed by atoms with Crippen molar-refractivity contribution in [1.82, 2.24) is 0 Å². The monoisotopic (exact) mass is 192 g/mol. The molecule has 0 bridgehead atoms. The first-order valence-corrected chi connectivity index (χ1v) is 3.95. The molecule has 1 aromatic carbocycles. The number of carbonyl (C=O) groups is 3.